The van der Waals surface area contributed by atoms with E-state index in [1.165, 1.54) is 6.33 Å². The van der Waals surface area contributed by atoms with Crippen molar-refractivity contribution >= 4 is 11.8 Å². The number of benzene rings is 1. The third-order valence-corrected chi connectivity index (χ3v) is 5.43. The van der Waals surface area contributed by atoms with Crippen LogP contribution in [0.1, 0.15) is 24.1 Å². The van der Waals surface area contributed by atoms with Crippen molar-refractivity contribution in [1.82, 2.24) is 30.0 Å². The van der Waals surface area contributed by atoms with Gasteiger partial charge >= 0.3 is 0 Å². The van der Waals surface area contributed by atoms with Gasteiger partial charge in [0.1, 0.15) is 12.7 Å². The molecular formula is C22H25N7O2. The molecule has 1 saturated heterocycles. The van der Waals surface area contributed by atoms with Crippen molar-refractivity contribution in [3.8, 4) is 5.69 Å². The fraction of sp³-hybridized carbons (Fsp3) is 0.318. The quantitative estimate of drug-likeness (QED) is 0.582. The van der Waals surface area contributed by atoms with Crippen LogP contribution in [0.25, 0.3) is 5.69 Å². The standard InChI is InChI=1S/C22H25N7O2/c23-17(12-16-6-2-1-3-7-16)21(30)27-22(31)20-9-5-11-28(20)13-18-19(8-4-10-25-18)29-15-24-14-26-29/h1-4,6-8,10,14-15,17,20H,5,9,11-13,23H2,(H,27,30,31)/t17-,20+/m1/s1. The van der Waals surface area contributed by atoms with Gasteiger partial charge in [0.25, 0.3) is 0 Å². The Morgan fingerprint density at radius 1 is 1.19 bits per heavy atom. The Kier molecular flexibility index (Phi) is 6.44. The number of pyridine rings is 1. The number of nitrogens with two attached hydrogens (primary N) is 1. The molecule has 0 bridgehead atoms. The summed E-state index contributed by atoms with van der Waals surface area (Å²) in [6.07, 6.45) is 6.72. The molecule has 1 aliphatic rings. The van der Waals surface area contributed by atoms with Crippen molar-refractivity contribution in [1.29, 1.82) is 0 Å². The molecule has 0 aliphatic carbocycles. The summed E-state index contributed by atoms with van der Waals surface area (Å²) in [6.45, 7) is 1.22. The van der Waals surface area contributed by atoms with E-state index in [2.05, 4.69) is 20.4 Å². The monoisotopic (exact) mass is 419 g/mol. The lowest BCUT2D eigenvalue weighted by molar-refractivity contribution is -0.133. The van der Waals surface area contributed by atoms with Crippen LogP contribution in [-0.4, -0.2) is 55.1 Å². The van der Waals surface area contributed by atoms with E-state index in [4.69, 9.17) is 5.73 Å². The van der Waals surface area contributed by atoms with E-state index in [1.54, 1.807) is 17.2 Å². The zero-order chi connectivity index (χ0) is 21.6. The molecule has 0 spiro atoms. The van der Waals surface area contributed by atoms with E-state index in [0.29, 0.717) is 19.4 Å². The van der Waals surface area contributed by atoms with Crippen LogP contribution in [-0.2, 0) is 22.6 Å². The molecule has 0 unspecified atom stereocenters. The number of carbonyl (C=O) groups is 2. The van der Waals surface area contributed by atoms with Gasteiger partial charge in [0.15, 0.2) is 0 Å². The predicted octanol–water partition coefficient (Wildman–Crippen LogP) is 0.840. The van der Waals surface area contributed by atoms with Crippen LogP contribution >= 0.6 is 0 Å². The summed E-state index contributed by atoms with van der Waals surface area (Å²) in [7, 11) is 0. The molecule has 4 rings (SSSR count). The average molecular weight is 419 g/mol. The fourth-order valence-electron chi connectivity index (χ4n) is 3.86. The van der Waals surface area contributed by atoms with Crippen LogP contribution < -0.4 is 11.1 Å². The van der Waals surface area contributed by atoms with Crippen LogP contribution in [0.2, 0.25) is 0 Å². The molecular weight excluding hydrogens is 394 g/mol. The zero-order valence-electron chi connectivity index (χ0n) is 17.1. The highest BCUT2D eigenvalue weighted by molar-refractivity contribution is 6.00. The third kappa shape index (κ3) is 5.01. The molecule has 3 aromatic rings. The number of imide groups is 1. The summed E-state index contributed by atoms with van der Waals surface area (Å²) >= 11 is 0. The average Bonchev–Trinajstić information content (AvgIpc) is 3.47. The molecule has 3 heterocycles. The number of likely N-dealkylation sites (tertiary alicyclic amines) is 1. The molecule has 1 aliphatic heterocycles. The maximum Gasteiger partial charge on any atom is 0.243 e. The third-order valence-electron chi connectivity index (χ3n) is 5.43. The summed E-state index contributed by atoms with van der Waals surface area (Å²) in [4.78, 5) is 35.8. The molecule has 2 aromatic heterocycles. The SMILES string of the molecule is N[C@H](Cc1ccccc1)C(=O)NC(=O)[C@@H]1CCCN1Cc1ncccc1-n1cncn1. The van der Waals surface area contributed by atoms with Crippen LogP contribution in [0, 0.1) is 0 Å². The second-order valence-corrected chi connectivity index (χ2v) is 7.59. The van der Waals surface area contributed by atoms with Gasteiger partial charge in [-0.2, -0.15) is 5.10 Å². The van der Waals surface area contributed by atoms with E-state index in [-0.39, 0.29) is 5.91 Å². The lowest BCUT2D eigenvalue weighted by atomic mass is 10.1. The Bertz CT molecular complexity index is 1020. The van der Waals surface area contributed by atoms with Gasteiger partial charge in [0.05, 0.1) is 23.5 Å². The van der Waals surface area contributed by atoms with Crippen LogP contribution in [0.4, 0.5) is 0 Å². The fourth-order valence-corrected chi connectivity index (χ4v) is 3.86. The van der Waals surface area contributed by atoms with Gasteiger partial charge in [-0.05, 0) is 43.5 Å². The van der Waals surface area contributed by atoms with Gasteiger partial charge in [-0.1, -0.05) is 30.3 Å². The normalized spacial score (nSPS) is 17.4. The Morgan fingerprint density at radius 3 is 2.81 bits per heavy atom. The first kappa shape index (κ1) is 20.8. The molecule has 0 radical (unpaired) electrons. The number of carbonyl (C=O) groups excluding carboxylic acids is 2. The van der Waals surface area contributed by atoms with Gasteiger partial charge in [0, 0.05) is 12.7 Å². The minimum absolute atomic E-state index is 0.316. The Hall–Kier alpha value is -3.43. The molecule has 1 aromatic carbocycles. The number of amides is 2. The van der Waals surface area contributed by atoms with Crippen molar-refractivity contribution in [2.45, 2.75) is 37.9 Å². The van der Waals surface area contributed by atoms with Crippen molar-refractivity contribution in [3.05, 3.63) is 72.6 Å². The number of hydrogen-bond acceptors (Lipinski definition) is 7. The number of rotatable bonds is 7. The van der Waals surface area contributed by atoms with Gasteiger partial charge in [-0.25, -0.2) is 9.67 Å². The molecule has 160 valence electrons. The molecule has 31 heavy (non-hydrogen) atoms. The van der Waals surface area contributed by atoms with Gasteiger partial charge in [-0.3, -0.25) is 24.8 Å². The molecule has 1 fully saturated rings. The highest BCUT2D eigenvalue weighted by Crippen LogP contribution is 2.22. The first-order chi connectivity index (χ1) is 15.1. The van der Waals surface area contributed by atoms with E-state index >= 15 is 0 Å². The summed E-state index contributed by atoms with van der Waals surface area (Å²) in [5.74, 6) is -0.772. The van der Waals surface area contributed by atoms with Crippen LogP contribution in [0.5, 0.6) is 0 Å². The summed E-state index contributed by atoms with van der Waals surface area (Å²) in [5.41, 5.74) is 8.58. The van der Waals surface area contributed by atoms with Gasteiger partial charge < -0.3 is 5.73 Å². The lowest BCUT2D eigenvalue weighted by Crippen LogP contribution is -2.50. The Labute approximate surface area is 180 Å². The first-order valence-corrected chi connectivity index (χ1v) is 10.3. The first-order valence-electron chi connectivity index (χ1n) is 10.3. The number of hydrogen-bond donors (Lipinski definition) is 2. The topological polar surface area (TPSA) is 119 Å². The van der Waals surface area contributed by atoms with Crippen LogP contribution in [0.3, 0.4) is 0 Å². The van der Waals surface area contributed by atoms with Gasteiger partial charge in [0.2, 0.25) is 11.8 Å². The van der Waals surface area contributed by atoms with E-state index in [9.17, 15) is 9.59 Å². The highest BCUT2D eigenvalue weighted by Gasteiger charge is 2.33. The molecule has 9 nitrogen and oxygen atoms in total. The largest absolute Gasteiger partial charge is 0.320 e. The summed E-state index contributed by atoms with van der Waals surface area (Å²) in [6, 6.07) is 12.1. The molecule has 2 atom stereocenters. The van der Waals surface area contributed by atoms with Crippen molar-refractivity contribution < 1.29 is 9.59 Å². The van der Waals surface area contributed by atoms with E-state index < -0.39 is 18.0 Å². The minimum Gasteiger partial charge on any atom is -0.320 e. The summed E-state index contributed by atoms with van der Waals surface area (Å²) in [5, 5.41) is 6.69. The molecule has 0 saturated carbocycles. The summed E-state index contributed by atoms with van der Waals surface area (Å²) < 4.78 is 1.65. The van der Waals surface area contributed by atoms with Crippen LogP contribution in [0.15, 0.2) is 61.3 Å². The highest BCUT2D eigenvalue weighted by atomic mass is 16.2. The Balaban J connectivity index is 1.39. The smallest absolute Gasteiger partial charge is 0.243 e. The maximum atomic E-state index is 12.8. The molecule has 2 amide bonds. The van der Waals surface area contributed by atoms with Crippen molar-refractivity contribution in [2.24, 2.45) is 5.73 Å². The molecule has 3 N–H and O–H groups in total. The van der Waals surface area contributed by atoms with E-state index in [0.717, 1.165) is 29.9 Å². The predicted molar refractivity (Wildman–Crippen MR) is 114 cm³/mol. The van der Waals surface area contributed by atoms with Crippen molar-refractivity contribution in [3.63, 3.8) is 0 Å². The maximum absolute atomic E-state index is 12.8. The Morgan fingerprint density at radius 2 is 2.03 bits per heavy atom. The molecule has 9 heteroatoms. The number of aromatic nitrogens is 4. The second kappa shape index (κ2) is 9.59. The minimum atomic E-state index is -0.782. The van der Waals surface area contributed by atoms with Crippen molar-refractivity contribution in [2.75, 3.05) is 6.54 Å². The lowest BCUT2D eigenvalue weighted by Gasteiger charge is -2.24. The van der Waals surface area contributed by atoms with Gasteiger partial charge in [-0.15, -0.1) is 0 Å². The second-order valence-electron chi connectivity index (χ2n) is 7.59. The number of nitrogens with zero attached hydrogens (tertiary/aromatic N) is 5. The number of nitrogens with one attached hydrogen (secondary N) is 1. The van der Waals surface area contributed by atoms with E-state index in [1.807, 2.05) is 47.4 Å². The zero-order valence-corrected chi connectivity index (χ0v) is 17.1.